The summed E-state index contributed by atoms with van der Waals surface area (Å²) >= 11 is 0. The quantitative estimate of drug-likeness (QED) is 0.739. The maximum absolute atomic E-state index is 13.6. The second-order valence-corrected chi connectivity index (χ2v) is 9.69. The minimum absolute atomic E-state index is 0.0801. The number of carbonyl (C=O) groups is 1. The molecule has 0 amide bonds. The number of hydrogen-bond donors (Lipinski definition) is 1. The number of sulfonamides is 1. The van der Waals surface area contributed by atoms with Gasteiger partial charge in [-0.1, -0.05) is 24.3 Å². The van der Waals surface area contributed by atoms with Crippen LogP contribution in [0.4, 0.5) is 5.69 Å². The van der Waals surface area contributed by atoms with Crippen LogP contribution in [0.25, 0.3) is 5.57 Å². The number of hydrogen-bond acceptors (Lipinski definition) is 4. The number of carboxylic acids is 1. The van der Waals surface area contributed by atoms with E-state index >= 15 is 0 Å². The Morgan fingerprint density at radius 3 is 2.77 bits per heavy atom. The zero-order chi connectivity index (χ0) is 21.3. The van der Waals surface area contributed by atoms with Crippen LogP contribution in [-0.2, 0) is 14.8 Å². The molecule has 6 nitrogen and oxygen atoms in total. The molecule has 0 radical (unpaired) electrons. The van der Waals surface area contributed by atoms with Gasteiger partial charge in [0.05, 0.1) is 17.1 Å². The van der Waals surface area contributed by atoms with Crippen molar-refractivity contribution in [3.8, 4) is 5.75 Å². The maximum atomic E-state index is 13.6. The van der Waals surface area contributed by atoms with E-state index in [0.29, 0.717) is 11.4 Å². The van der Waals surface area contributed by atoms with Gasteiger partial charge in [0, 0.05) is 6.42 Å². The molecule has 7 heteroatoms. The number of allylic oxidation sites excluding steroid dienone is 2. The van der Waals surface area contributed by atoms with Crippen LogP contribution >= 0.6 is 0 Å². The monoisotopic (exact) mass is 427 g/mol. The number of aliphatic carboxylic acids is 1. The summed E-state index contributed by atoms with van der Waals surface area (Å²) < 4.78 is 34.5. The normalized spacial score (nSPS) is 18.5. The average molecular weight is 428 g/mol. The van der Waals surface area contributed by atoms with E-state index in [2.05, 4.69) is 6.08 Å². The fourth-order valence-corrected chi connectivity index (χ4v) is 5.61. The highest BCUT2D eigenvalue weighted by Gasteiger charge is 2.35. The van der Waals surface area contributed by atoms with Crippen molar-refractivity contribution >= 4 is 27.3 Å². The number of ether oxygens (including phenoxy) is 1. The van der Waals surface area contributed by atoms with E-state index in [9.17, 15) is 13.2 Å². The molecular weight excluding hydrogens is 402 g/mol. The third-order valence-corrected chi connectivity index (χ3v) is 7.34. The van der Waals surface area contributed by atoms with Crippen molar-refractivity contribution < 1.29 is 23.1 Å². The first-order chi connectivity index (χ1) is 14.3. The van der Waals surface area contributed by atoms with Gasteiger partial charge in [-0.05, 0) is 73.6 Å². The van der Waals surface area contributed by atoms with Crippen LogP contribution in [0.1, 0.15) is 43.2 Å². The summed E-state index contributed by atoms with van der Waals surface area (Å²) in [5.74, 6) is -0.462. The van der Waals surface area contributed by atoms with E-state index in [-0.39, 0.29) is 24.3 Å². The highest BCUT2D eigenvalue weighted by molar-refractivity contribution is 7.92. The summed E-state index contributed by atoms with van der Waals surface area (Å²) in [6, 6.07) is 12.5. The van der Waals surface area contributed by atoms with Crippen molar-refractivity contribution in [2.24, 2.45) is 0 Å². The van der Waals surface area contributed by atoms with Crippen molar-refractivity contribution in [1.29, 1.82) is 0 Å². The van der Waals surface area contributed by atoms with Crippen LogP contribution in [0.5, 0.6) is 5.75 Å². The summed E-state index contributed by atoms with van der Waals surface area (Å²) in [6.45, 7) is 1.94. The van der Waals surface area contributed by atoms with Gasteiger partial charge in [-0.3, -0.25) is 9.10 Å². The fraction of sp³-hybridized carbons (Fsp3) is 0.348. The van der Waals surface area contributed by atoms with E-state index in [0.717, 1.165) is 30.4 Å². The van der Waals surface area contributed by atoms with Crippen LogP contribution < -0.4 is 9.04 Å². The van der Waals surface area contributed by atoms with Crippen LogP contribution in [0.15, 0.2) is 53.4 Å². The molecule has 158 valence electrons. The number of benzene rings is 2. The average Bonchev–Trinajstić information content (AvgIpc) is 3.26. The third kappa shape index (κ3) is 4.07. The summed E-state index contributed by atoms with van der Waals surface area (Å²) in [5.41, 5.74) is 3.59. The third-order valence-electron chi connectivity index (χ3n) is 5.56. The first-order valence-electron chi connectivity index (χ1n) is 10.2. The van der Waals surface area contributed by atoms with Gasteiger partial charge in [0.1, 0.15) is 11.9 Å². The summed E-state index contributed by atoms with van der Waals surface area (Å²) in [5, 5.41) is 9.04. The van der Waals surface area contributed by atoms with E-state index in [1.165, 1.54) is 9.88 Å². The van der Waals surface area contributed by atoms with E-state index < -0.39 is 22.1 Å². The maximum Gasteiger partial charge on any atom is 0.303 e. The number of fused-ring (bicyclic) bond motifs is 1. The first-order valence-corrected chi connectivity index (χ1v) is 11.6. The molecule has 0 unspecified atom stereocenters. The molecular formula is C23H25NO5S. The van der Waals surface area contributed by atoms with Gasteiger partial charge < -0.3 is 9.84 Å². The Morgan fingerprint density at radius 2 is 2.07 bits per heavy atom. The van der Waals surface area contributed by atoms with E-state index in [1.807, 2.05) is 25.1 Å². The Kier molecular flexibility index (Phi) is 5.56. The standard InChI is InChI=1S/C23H25NO5S/c1-16-5-4-8-20(13-16)30(27,28)24-15-19(10-12-23(25)26)29-22-11-9-18(14-21(22)24)17-6-2-3-7-17/h4-6,8-9,11,13-14,19H,2-3,7,10,12,15H2,1H3,(H,25,26)/t19-/m0/s1. The zero-order valence-electron chi connectivity index (χ0n) is 16.9. The predicted octanol–water partition coefficient (Wildman–Crippen LogP) is 4.38. The van der Waals surface area contributed by atoms with Crippen molar-refractivity contribution in [1.82, 2.24) is 0 Å². The second kappa shape index (κ2) is 8.14. The van der Waals surface area contributed by atoms with Gasteiger partial charge in [0.2, 0.25) is 0 Å². The Labute approximate surface area is 176 Å². The fourth-order valence-electron chi connectivity index (χ4n) is 4.01. The van der Waals surface area contributed by atoms with Crippen LogP contribution in [-0.4, -0.2) is 32.1 Å². The Balaban J connectivity index is 1.76. The Hall–Kier alpha value is -2.80. The van der Waals surface area contributed by atoms with Gasteiger partial charge in [-0.15, -0.1) is 0 Å². The molecule has 2 aromatic rings. The van der Waals surface area contributed by atoms with Crippen LogP contribution in [0, 0.1) is 6.92 Å². The molecule has 0 aromatic heterocycles. The number of aryl methyl sites for hydroxylation is 1. The molecule has 0 saturated heterocycles. The number of anilines is 1. The molecule has 0 fully saturated rings. The lowest BCUT2D eigenvalue weighted by molar-refractivity contribution is -0.137. The molecule has 0 saturated carbocycles. The lowest BCUT2D eigenvalue weighted by Gasteiger charge is -2.36. The van der Waals surface area contributed by atoms with Gasteiger partial charge in [0.15, 0.2) is 0 Å². The molecule has 1 N–H and O–H groups in total. The van der Waals surface area contributed by atoms with Crippen molar-refractivity contribution in [3.63, 3.8) is 0 Å². The van der Waals surface area contributed by atoms with Gasteiger partial charge >= 0.3 is 5.97 Å². The highest BCUT2D eigenvalue weighted by Crippen LogP contribution is 2.41. The van der Waals surface area contributed by atoms with Gasteiger partial charge in [-0.25, -0.2) is 8.42 Å². The molecule has 1 aliphatic carbocycles. The Bertz CT molecular complexity index is 1110. The second-order valence-electron chi connectivity index (χ2n) is 7.83. The lowest BCUT2D eigenvalue weighted by atomic mass is 10.0. The smallest absolute Gasteiger partial charge is 0.303 e. The highest BCUT2D eigenvalue weighted by atomic mass is 32.2. The van der Waals surface area contributed by atoms with Gasteiger partial charge in [0.25, 0.3) is 10.0 Å². The van der Waals surface area contributed by atoms with Crippen LogP contribution in [0.2, 0.25) is 0 Å². The summed E-state index contributed by atoms with van der Waals surface area (Å²) in [4.78, 5) is 11.2. The van der Waals surface area contributed by atoms with Crippen molar-refractivity contribution in [3.05, 3.63) is 59.7 Å². The molecule has 2 aromatic carbocycles. The topological polar surface area (TPSA) is 83.9 Å². The van der Waals surface area contributed by atoms with E-state index in [4.69, 9.17) is 9.84 Å². The molecule has 4 rings (SSSR count). The number of carboxylic acid groups (broad SMARTS) is 1. The van der Waals surface area contributed by atoms with Gasteiger partial charge in [-0.2, -0.15) is 0 Å². The van der Waals surface area contributed by atoms with Crippen molar-refractivity contribution in [2.45, 2.75) is 50.0 Å². The first kappa shape index (κ1) is 20.5. The number of nitrogens with zero attached hydrogens (tertiary/aromatic N) is 1. The number of rotatable bonds is 6. The predicted molar refractivity (Wildman–Crippen MR) is 115 cm³/mol. The minimum Gasteiger partial charge on any atom is -0.486 e. The van der Waals surface area contributed by atoms with Crippen molar-refractivity contribution in [2.75, 3.05) is 10.8 Å². The molecule has 1 atom stereocenters. The molecule has 30 heavy (non-hydrogen) atoms. The minimum atomic E-state index is -3.82. The summed E-state index contributed by atoms with van der Waals surface area (Å²) in [6.07, 6.45) is 4.94. The largest absolute Gasteiger partial charge is 0.486 e. The molecule has 2 aliphatic rings. The van der Waals surface area contributed by atoms with Crippen LogP contribution in [0.3, 0.4) is 0 Å². The zero-order valence-corrected chi connectivity index (χ0v) is 17.7. The lowest BCUT2D eigenvalue weighted by Crippen LogP contribution is -2.43. The molecule has 0 bridgehead atoms. The molecule has 0 spiro atoms. The Morgan fingerprint density at radius 1 is 1.23 bits per heavy atom. The van der Waals surface area contributed by atoms with E-state index in [1.54, 1.807) is 24.3 Å². The molecule has 1 aliphatic heterocycles. The molecule has 1 heterocycles. The summed E-state index contributed by atoms with van der Waals surface area (Å²) in [7, 11) is -3.82. The SMILES string of the molecule is Cc1cccc(S(=O)(=O)N2C[C@H](CCC(=O)O)Oc3ccc(C4=CCCC4)cc32)c1.